The molecule has 0 N–H and O–H groups in total. The Morgan fingerprint density at radius 3 is 2.68 bits per heavy atom. The van der Waals surface area contributed by atoms with E-state index in [1.165, 1.54) is 22.5 Å². The minimum absolute atomic E-state index is 0.0531. The van der Waals surface area contributed by atoms with E-state index in [9.17, 15) is 8.42 Å². The standard InChI is InChI=1S/C16H18ClN5O2S/c1-10(2)15-19-20-16-11(3)22(7-6-21(15)16)25(23,24)13-4-5-14(17)12(8-13)9-18/h4-5,8,10-11H,6-7H2,1-3H3. The molecule has 3 rings (SSSR count). The van der Waals surface area contributed by atoms with Crippen LogP contribution in [0.4, 0.5) is 0 Å². The van der Waals surface area contributed by atoms with E-state index in [2.05, 4.69) is 10.2 Å². The third kappa shape index (κ3) is 2.92. The highest BCUT2D eigenvalue weighted by Gasteiger charge is 2.37. The Labute approximate surface area is 151 Å². The van der Waals surface area contributed by atoms with Crippen LogP contribution in [0.3, 0.4) is 0 Å². The summed E-state index contributed by atoms with van der Waals surface area (Å²) >= 11 is 5.91. The quantitative estimate of drug-likeness (QED) is 0.817. The summed E-state index contributed by atoms with van der Waals surface area (Å²) in [5, 5.41) is 17.7. The zero-order chi connectivity index (χ0) is 18.4. The summed E-state index contributed by atoms with van der Waals surface area (Å²) in [6.45, 7) is 6.67. The van der Waals surface area contributed by atoms with Gasteiger partial charge in [-0.05, 0) is 25.1 Å². The Hall–Kier alpha value is -1.95. The molecule has 132 valence electrons. The number of aromatic nitrogens is 3. The van der Waals surface area contributed by atoms with Gasteiger partial charge in [0.1, 0.15) is 11.9 Å². The molecule has 0 saturated carbocycles. The van der Waals surface area contributed by atoms with Gasteiger partial charge in [-0.15, -0.1) is 10.2 Å². The molecule has 25 heavy (non-hydrogen) atoms. The van der Waals surface area contributed by atoms with Crippen LogP contribution in [0.25, 0.3) is 0 Å². The predicted molar refractivity (Wildman–Crippen MR) is 92.6 cm³/mol. The number of hydrogen-bond donors (Lipinski definition) is 0. The lowest BCUT2D eigenvalue weighted by atomic mass is 10.2. The Bertz CT molecular complexity index is 961. The average Bonchev–Trinajstić information content (AvgIpc) is 3.00. The second kappa shape index (κ2) is 6.41. The van der Waals surface area contributed by atoms with E-state index in [0.29, 0.717) is 18.9 Å². The van der Waals surface area contributed by atoms with Gasteiger partial charge in [0.15, 0.2) is 5.82 Å². The van der Waals surface area contributed by atoms with Crippen LogP contribution < -0.4 is 0 Å². The van der Waals surface area contributed by atoms with Gasteiger partial charge in [-0.1, -0.05) is 25.4 Å². The third-order valence-corrected chi connectivity index (χ3v) is 6.63. The average molecular weight is 380 g/mol. The first-order chi connectivity index (χ1) is 11.8. The lowest BCUT2D eigenvalue weighted by Crippen LogP contribution is -2.41. The van der Waals surface area contributed by atoms with E-state index in [1.54, 1.807) is 6.92 Å². The highest BCUT2D eigenvalue weighted by molar-refractivity contribution is 7.89. The maximum absolute atomic E-state index is 13.0. The summed E-state index contributed by atoms with van der Waals surface area (Å²) in [7, 11) is -3.77. The molecule has 0 fully saturated rings. The number of nitrogens with zero attached hydrogens (tertiary/aromatic N) is 5. The van der Waals surface area contributed by atoms with Gasteiger partial charge in [-0.3, -0.25) is 0 Å². The van der Waals surface area contributed by atoms with E-state index in [0.717, 1.165) is 5.82 Å². The predicted octanol–water partition coefficient (Wildman–Crippen LogP) is 2.69. The molecule has 0 aliphatic carbocycles. The van der Waals surface area contributed by atoms with Crippen LogP contribution in [-0.2, 0) is 16.6 Å². The van der Waals surface area contributed by atoms with Crippen LogP contribution >= 0.6 is 11.6 Å². The third-order valence-electron chi connectivity index (χ3n) is 4.34. The van der Waals surface area contributed by atoms with E-state index < -0.39 is 16.1 Å². The fraction of sp³-hybridized carbons (Fsp3) is 0.438. The van der Waals surface area contributed by atoms with Crippen molar-refractivity contribution >= 4 is 21.6 Å². The maximum atomic E-state index is 13.0. The van der Waals surface area contributed by atoms with Gasteiger partial charge in [0.25, 0.3) is 0 Å². The van der Waals surface area contributed by atoms with Gasteiger partial charge in [0.2, 0.25) is 10.0 Å². The first-order valence-electron chi connectivity index (χ1n) is 7.92. The van der Waals surface area contributed by atoms with Gasteiger partial charge in [0.05, 0.1) is 21.5 Å². The van der Waals surface area contributed by atoms with Crippen LogP contribution in [0.1, 0.15) is 49.9 Å². The highest BCUT2D eigenvalue weighted by Crippen LogP contribution is 2.32. The molecule has 9 heteroatoms. The van der Waals surface area contributed by atoms with E-state index in [-0.39, 0.29) is 21.4 Å². The molecular weight excluding hydrogens is 362 g/mol. The van der Waals surface area contributed by atoms with Crippen molar-refractivity contribution in [2.75, 3.05) is 6.54 Å². The van der Waals surface area contributed by atoms with Crippen molar-refractivity contribution in [2.45, 2.75) is 44.2 Å². The van der Waals surface area contributed by atoms with E-state index in [1.807, 2.05) is 24.5 Å². The zero-order valence-electron chi connectivity index (χ0n) is 14.1. The number of nitriles is 1. The van der Waals surface area contributed by atoms with E-state index in [4.69, 9.17) is 16.9 Å². The van der Waals surface area contributed by atoms with Crippen LogP contribution in [0.15, 0.2) is 23.1 Å². The number of halogens is 1. The molecular formula is C16H18ClN5O2S. The molecule has 2 aromatic rings. The largest absolute Gasteiger partial charge is 0.312 e. The highest BCUT2D eigenvalue weighted by atomic mass is 35.5. The van der Waals surface area contributed by atoms with Crippen molar-refractivity contribution in [3.05, 3.63) is 40.4 Å². The second-order valence-corrected chi connectivity index (χ2v) is 8.57. The topological polar surface area (TPSA) is 91.9 Å². The number of hydrogen-bond acceptors (Lipinski definition) is 5. The smallest absolute Gasteiger partial charge is 0.243 e. The van der Waals surface area contributed by atoms with Gasteiger partial charge in [-0.25, -0.2) is 8.42 Å². The number of fused-ring (bicyclic) bond motifs is 1. The molecule has 1 aromatic heterocycles. The first kappa shape index (κ1) is 17.9. The van der Waals surface area contributed by atoms with Crippen LogP contribution in [0, 0.1) is 11.3 Å². The fourth-order valence-corrected chi connectivity index (χ4v) is 4.80. The lowest BCUT2D eigenvalue weighted by Gasteiger charge is -2.33. The van der Waals surface area contributed by atoms with Crippen molar-refractivity contribution in [3.63, 3.8) is 0 Å². The van der Waals surface area contributed by atoms with Gasteiger partial charge in [0, 0.05) is 19.0 Å². The normalized spacial score (nSPS) is 18.2. The first-order valence-corrected chi connectivity index (χ1v) is 9.73. The summed E-state index contributed by atoms with van der Waals surface area (Å²) in [6, 6.07) is 5.63. The molecule has 1 unspecified atom stereocenters. The molecule has 0 radical (unpaired) electrons. The van der Waals surface area contributed by atoms with Crippen LogP contribution in [0.2, 0.25) is 5.02 Å². The number of rotatable bonds is 3. The zero-order valence-corrected chi connectivity index (χ0v) is 15.7. The SMILES string of the molecule is CC(C)c1nnc2n1CCN(S(=O)(=O)c1ccc(Cl)c(C#N)c1)C2C. The Morgan fingerprint density at radius 1 is 1.32 bits per heavy atom. The molecule has 0 spiro atoms. The fourth-order valence-electron chi connectivity index (χ4n) is 3.03. The van der Waals surface area contributed by atoms with Crippen molar-refractivity contribution in [1.29, 1.82) is 5.26 Å². The molecule has 2 heterocycles. The number of benzene rings is 1. The summed E-state index contributed by atoms with van der Waals surface area (Å²) in [4.78, 5) is 0.0531. The number of sulfonamides is 1. The van der Waals surface area contributed by atoms with Crippen molar-refractivity contribution < 1.29 is 8.42 Å². The Balaban J connectivity index is 2.00. The minimum atomic E-state index is -3.77. The molecule has 0 saturated heterocycles. The monoisotopic (exact) mass is 379 g/mol. The molecule has 1 aliphatic heterocycles. The molecule has 1 atom stereocenters. The Kier molecular flexibility index (Phi) is 4.58. The minimum Gasteiger partial charge on any atom is -0.312 e. The van der Waals surface area contributed by atoms with Crippen molar-refractivity contribution in [1.82, 2.24) is 19.1 Å². The molecule has 1 aliphatic rings. The summed E-state index contributed by atoms with van der Waals surface area (Å²) < 4.78 is 29.5. The summed E-state index contributed by atoms with van der Waals surface area (Å²) in [5.74, 6) is 1.70. The molecule has 0 amide bonds. The van der Waals surface area contributed by atoms with Gasteiger partial charge in [-0.2, -0.15) is 9.57 Å². The Morgan fingerprint density at radius 2 is 2.04 bits per heavy atom. The van der Waals surface area contributed by atoms with Crippen molar-refractivity contribution in [3.8, 4) is 6.07 Å². The van der Waals surface area contributed by atoms with Gasteiger partial charge < -0.3 is 4.57 Å². The molecule has 7 nitrogen and oxygen atoms in total. The lowest BCUT2D eigenvalue weighted by molar-refractivity contribution is 0.272. The van der Waals surface area contributed by atoms with Crippen LogP contribution in [0.5, 0.6) is 0 Å². The van der Waals surface area contributed by atoms with Gasteiger partial charge >= 0.3 is 0 Å². The van der Waals surface area contributed by atoms with Crippen molar-refractivity contribution in [2.24, 2.45) is 0 Å². The second-order valence-electron chi connectivity index (χ2n) is 6.27. The molecule has 0 bridgehead atoms. The van der Waals surface area contributed by atoms with E-state index >= 15 is 0 Å². The van der Waals surface area contributed by atoms with Crippen LogP contribution in [-0.4, -0.2) is 34.0 Å². The molecule has 1 aromatic carbocycles. The summed E-state index contributed by atoms with van der Waals surface area (Å²) in [6.07, 6.45) is 0. The maximum Gasteiger partial charge on any atom is 0.243 e. The summed E-state index contributed by atoms with van der Waals surface area (Å²) in [5.41, 5.74) is 0.137.